The minimum absolute atomic E-state index is 0.257. The molecule has 5 rings (SSSR count). The number of furan rings is 1. The zero-order valence-electron chi connectivity index (χ0n) is 16.5. The van der Waals surface area contributed by atoms with Crippen LogP contribution >= 0.6 is 0 Å². The molecule has 0 radical (unpaired) electrons. The maximum Gasteiger partial charge on any atom is 0.165 e. The molecule has 2 aliphatic rings. The number of hydrogen-bond donors (Lipinski definition) is 0. The fourth-order valence-electron chi connectivity index (χ4n) is 4.41. The Hall–Kier alpha value is -2.39. The van der Waals surface area contributed by atoms with Gasteiger partial charge in [0.15, 0.2) is 5.78 Å². The molecule has 28 heavy (non-hydrogen) atoms. The van der Waals surface area contributed by atoms with Crippen LogP contribution in [0.5, 0.6) is 0 Å². The summed E-state index contributed by atoms with van der Waals surface area (Å²) < 4.78 is 6.07. The van der Waals surface area contributed by atoms with E-state index >= 15 is 0 Å². The van der Waals surface area contributed by atoms with Gasteiger partial charge in [-0.05, 0) is 74.5 Å². The number of benzene rings is 2. The van der Waals surface area contributed by atoms with Gasteiger partial charge in [0.1, 0.15) is 11.3 Å². The Labute approximate surface area is 166 Å². The highest BCUT2D eigenvalue weighted by Crippen LogP contribution is 2.34. The highest BCUT2D eigenvalue weighted by molar-refractivity contribution is 6.00. The van der Waals surface area contributed by atoms with Gasteiger partial charge in [-0.1, -0.05) is 24.3 Å². The molecule has 2 heterocycles. The lowest BCUT2D eigenvalue weighted by Gasteiger charge is -2.19. The average Bonchev–Trinajstić information content (AvgIpc) is 3.36. The van der Waals surface area contributed by atoms with E-state index < -0.39 is 0 Å². The zero-order valence-corrected chi connectivity index (χ0v) is 16.5. The fraction of sp³-hybridized carbons (Fsp3) is 0.400. The van der Waals surface area contributed by atoms with Crippen LogP contribution in [0.25, 0.3) is 22.1 Å². The van der Waals surface area contributed by atoms with Gasteiger partial charge >= 0.3 is 0 Å². The first kappa shape index (κ1) is 17.7. The monoisotopic (exact) mass is 373 g/mol. The molecule has 1 aliphatic carbocycles. The van der Waals surface area contributed by atoms with Crippen molar-refractivity contribution in [2.45, 2.75) is 45.1 Å². The quantitative estimate of drug-likeness (QED) is 0.518. The lowest BCUT2D eigenvalue weighted by Crippen LogP contribution is -2.28. The summed E-state index contributed by atoms with van der Waals surface area (Å²) in [4.78, 5) is 14.9. The first-order valence-corrected chi connectivity index (χ1v) is 10.6. The number of rotatable bonds is 6. The standard InChI is InChI=1S/C25H27NO2/c1-17-4-3-12-26(17)13-11-23-16-22-15-20(9-10-24(22)28-23)19-5-2-6-21(14-19)25(27)18-7-8-18/h2,5-6,9-10,14-18H,3-4,7-8,11-13H2,1H3. The number of hydrogen-bond acceptors (Lipinski definition) is 3. The van der Waals surface area contributed by atoms with Gasteiger partial charge in [0.05, 0.1) is 0 Å². The first-order chi connectivity index (χ1) is 13.7. The maximum absolute atomic E-state index is 12.4. The molecule has 3 heteroatoms. The lowest BCUT2D eigenvalue weighted by atomic mass is 9.99. The van der Waals surface area contributed by atoms with Gasteiger partial charge in [0.25, 0.3) is 0 Å². The van der Waals surface area contributed by atoms with Crippen LogP contribution in [0.15, 0.2) is 52.9 Å². The summed E-state index contributed by atoms with van der Waals surface area (Å²) in [5, 5.41) is 1.14. The van der Waals surface area contributed by atoms with Crippen LogP contribution in [-0.2, 0) is 6.42 Å². The van der Waals surface area contributed by atoms with Crippen molar-refractivity contribution in [1.29, 1.82) is 0 Å². The number of fused-ring (bicyclic) bond motifs is 1. The predicted octanol–water partition coefficient (Wildman–Crippen LogP) is 5.72. The Bertz CT molecular complexity index is 1010. The predicted molar refractivity (Wildman–Crippen MR) is 113 cm³/mol. The van der Waals surface area contributed by atoms with E-state index in [4.69, 9.17) is 4.42 Å². The largest absolute Gasteiger partial charge is 0.461 e. The van der Waals surface area contributed by atoms with E-state index in [-0.39, 0.29) is 5.92 Å². The summed E-state index contributed by atoms with van der Waals surface area (Å²) in [5.74, 6) is 1.61. The third-order valence-corrected chi connectivity index (χ3v) is 6.33. The highest BCUT2D eigenvalue weighted by atomic mass is 16.3. The normalized spacial score (nSPS) is 20.1. The van der Waals surface area contributed by atoms with Crippen molar-refractivity contribution in [3.05, 3.63) is 59.9 Å². The molecule has 3 aromatic rings. The number of ketones is 1. The molecule has 1 aliphatic heterocycles. The molecule has 3 nitrogen and oxygen atoms in total. The van der Waals surface area contributed by atoms with Gasteiger partial charge in [0.2, 0.25) is 0 Å². The van der Waals surface area contributed by atoms with Crippen LogP contribution in [0.1, 0.15) is 48.7 Å². The van der Waals surface area contributed by atoms with Crippen molar-refractivity contribution in [1.82, 2.24) is 4.90 Å². The van der Waals surface area contributed by atoms with Gasteiger partial charge in [-0.2, -0.15) is 0 Å². The molecule has 0 bridgehead atoms. The zero-order chi connectivity index (χ0) is 19.1. The molecule has 1 atom stereocenters. The Morgan fingerprint density at radius 1 is 1.07 bits per heavy atom. The van der Waals surface area contributed by atoms with E-state index in [1.165, 1.54) is 19.4 Å². The molecule has 1 saturated carbocycles. The summed E-state index contributed by atoms with van der Waals surface area (Å²) in [5.41, 5.74) is 4.02. The van der Waals surface area contributed by atoms with Crippen molar-refractivity contribution in [3.63, 3.8) is 0 Å². The van der Waals surface area contributed by atoms with Crippen LogP contribution in [-0.4, -0.2) is 29.8 Å². The number of carbonyl (C=O) groups excluding carboxylic acids is 1. The summed E-state index contributed by atoms with van der Waals surface area (Å²) in [6.45, 7) is 4.60. The second kappa shape index (κ2) is 7.21. The Morgan fingerprint density at radius 3 is 2.71 bits per heavy atom. The minimum Gasteiger partial charge on any atom is -0.461 e. The molecule has 144 valence electrons. The Balaban J connectivity index is 1.36. The third-order valence-electron chi connectivity index (χ3n) is 6.33. The average molecular weight is 373 g/mol. The second-order valence-electron chi connectivity index (χ2n) is 8.46. The fourth-order valence-corrected chi connectivity index (χ4v) is 4.41. The summed E-state index contributed by atoms with van der Waals surface area (Å²) in [6, 6.07) is 17.3. The number of likely N-dealkylation sites (tertiary alicyclic amines) is 1. The first-order valence-electron chi connectivity index (χ1n) is 10.6. The topological polar surface area (TPSA) is 33.5 Å². The van der Waals surface area contributed by atoms with Crippen LogP contribution < -0.4 is 0 Å². The maximum atomic E-state index is 12.4. The van der Waals surface area contributed by atoms with E-state index in [0.29, 0.717) is 11.8 Å². The molecule has 2 aromatic carbocycles. The van der Waals surface area contributed by atoms with E-state index in [0.717, 1.165) is 59.2 Å². The molecule has 1 aromatic heterocycles. The van der Waals surface area contributed by atoms with Crippen molar-refractivity contribution < 1.29 is 9.21 Å². The van der Waals surface area contributed by atoms with Crippen LogP contribution in [0.2, 0.25) is 0 Å². The molecule has 0 N–H and O–H groups in total. The summed E-state index contributed by atoms with van der Waals surface area (Å²) >= 11 is 0. The third kappa shape index (κ3) is 3.51. The van der Waals surface area contributed by atoms with Crippen molar-refractivity contribution in [2.24, 2.45) is 5.92 Å². The van der Waals surface area contributed by atoms with Gasteiger partial charge < -0.3 is 9.32 Å². The highest BCUT2D eigenvalue weighted by Gasteiger charge is 2.30. The van der Waals surface area contributed by atoms with Gasteiger partial charge in [-0.3, -0.25) is 4.79 Å². The van der Waals surface area contributed by atoms with Crippen LogP contribution in [0.3, 0.4) is 0 Å². The van der Waals surface area contributed by atoms with E-state index in [9.17, 15) is 4.79 Å². The SMILES string of the molecule is CC1CCCN1CCc1cc2cc(-c3cccc(C(=O)C4CC4)c3)ccc2o1. The van der Waals surface area contributed by atoms with E-state index in [2.05, 4.69) is 42.2 Å². The molecule has 2 fully saturated rings. The second-order valence-corrected chi connectivity index (χ2v) is 8.46. The molecule has 0 spiro atoms. The molecule has 1 unspecified atom stereocenters. The number of Topliss-reactive ketones (excluding diaryl/α,β-unsaturated/α-hetero) is 1. The van der Waals surface area contributed by atoms with Gasteiger partial charge in [0, 0.05) is 35.9 Å². The van der Waals surface area contributed by atoms with Crippen LogP contribution in [0, 0.1) is 5.92 Å². The Morgan fingerprint density at radius 2 is 1.93 bits per heavy atom. The molecule has 1 saturated heterocycles. The van der Waals surface area contributed by atoms with Gasteiger partial charge in [-0.25, -0.2) is 0 Å². The molecular formula is C25H27NO2. The summed E-state index contributed by atoms with van der Waals surface area (Å²) in [6.07, 6.45) is 5.67. The molecular weight excluding hydrogens is 346 g/mol. The number of carbonyl (C=O) groups is 1. The summed E-state index contributed by atoms with van der Waals surface area (Å²) in [7, 11) is 0. The van der Waals surface area contributed by atoms with Gasteiger partial charge in [-0.15, -0.1) is 0 Å². The smallest absolute Gasteiger partial charge is 0.165 e. The molecule has 0 amide bonds. The van der Waals surface area contributed by atoms with E-state index in [1.807, 2.05) is 18.2 Å². The minimum atomic E-state index is 0.257. The van der Waals surface area contributed by atoms with Crippen LogP contribution in [0.4, 0.5) is 0 Å². The number of nitrogens with zero attached hydrogens (tertiary/aromatic N) is 1. The van der Waals surface area contributed by atoms with Crippen molar-refractivity contribution in [3.8, 4) is 11.1 Å². The Kier molecular flexibility index (Phi) is 4.56. The van der Waals surface area contributed by atoms with E-state index in [1.54, 1.807) is 0 Å². The van der Waals surface area contributed by atoms with Crippen molar-refractivity contribution in [2.75, 3.05) is 13.1 Å². The lowest BCUT2D eigenvalue weighted by molar-refractivity contribution is 0.0967. The van der Waals surface area contributed by atoms with Crippen molar-refractivity contribution >= 4 is 16.8 Å².